The van der Waals surface area contributed by atoms with E-state index in [9.17, 15) is 9.59 Å². The Bertz CT molecular complexity index is 386. The Morgan fingerprint density at radius 3 is 2.75 bits per heavy atom. The predicted octanol–water partition coefficient (Wildman–Crippen LogP) is -0.0580. The van der Waals surface area contributed by atoms with Crippen LogP contribution in [0.2, 0.25) is 0 Å². The summed E-state index contributed by atoms with van der Waals surface area (Å²) in [5.41, 5.74) is 0.958. The number of hydrogen-bond acceptors (Lipinski definition) is 3. The molecule has 1 atom stereocenters. The lowest BCUT2D eigenvalue weighted by Crippen LogP contribution is -2.39. The third-order valence-electron chi connectivity index (χ3n) is 2.16. The fourth-order valence-electron chi connectivity index (χ4n) is 1.41. The van der Waals surface area contributed by atoms with Gasteiger partial charge in [-0.1, -0.05) is 0 Å². The van der Waals surface area contributed by atoms with Gasteiger partial charge in [-0.3, -0.25) is 9.48 Å². The molecule has 1 heterocycles. The van der Waals surface area contributed by atoms with Gasteiger partial charge in [0.05, 0.1) is 6.20 Å². The highest BCUT2D eigenvalue weighted by Crippen LogP contribution is 2.04. The molecule has 0 saturated carbocycles. The number of hydrogen-bond donors (Lipinski definition) is 2. The van der Waals surface area contributed by atoms with Crippen molar-refractivity contribution < 1.29 is 14.7 Å². The van der Waals surface area contributed by atoms with Crippen LogP contribution in [0.4, 0.5) is 0 Å². The zero-order valence-corrected chi connectivity index (χ0v) is 9.30. The number of aromatic nitrogens is 2. The van der Waals surface area contributed by atoms with Crippen molar-refractivity contribution in [1.29, 1.82) is 0 Å². The minimum Gasteiger partial charge on any atom is -0.480 e. The predicted molar refractivity (Wildman–Crippen MR) is 56.8 cm³/mol. The highest BCUT2D eigenvalue weighted by molar-refractivity contribution is 5.81. The van der Waals surface area contributed by atoms with E-state index >= 15 is 0 Å². The van der Waals surface area contributed by atoms with E-state index in [1.807, 2.05) is 6.20 Å². The van der Waals surface area contributed by atoms with Gasteiger partial charge in [0.15, 0.2) is 0 Å². The molecule has 0 fully saturated rings. The van der Waals surface area contributed by atoms with Crippen molar-refractivity contribution in [1.82, 2.24) is 15.1 Å². The van der Waals surface area contributed by atoms with Crippen LogP contribution in [0.15, 0.2) is 12.4 Å². The molecule has 0 aliphatic heterocycles. The third kappa shape index (κ3) is 3.72. The molecular formula is C10H15N3O3. The average Bonchev–Trinajstić information content (AvgIpc) is 2.58. The Hall–Kier alpha value is -1.85. The van der Waals surface area contributed by atoms with Gasteiger partial charge in [0, 0.05) is 20.2 Å². The lowest BCUT2D eigenvalue weighted by molar-refractivity contribution is -0.141. The zero-order chi connectivity index (χ0) is 12.1. The average molecular weight is 225 g/mol. The van der Waals surface area contributed by atoms with E-state index in [0.717, 1.165) is 5.56 Å². The van der Waals surface area contributed by atoms with Gasteiger partial charge in [-0.25, -0.2) is 4.79 Å². The van der Waals surface area contributed by atoms with Crippen molar-refractivity contribution in [2.75, 3.05) is 0 Å². The number of carboxylic acids is 1. The van der Waals surface area contributed by atoms with Crippen LogP contribution in [0.1, 0.15) is 18.9 Å². The summed E-state index contributed by atoms with van der Waals surface area (Å²) in [6.45, 7) is 1.31. The van der Waals surface area contributed by atoms with Gasteiger partial charge in [-0.2, -0.15) is 5.10 Å². The second kappa shape index (κ2) is 5.29. The van der Waals surface area contributed by atoms with Gasteiger partial charge in [0.25, 0.3) is 0 Å². The van der Waals surface area contributed by atoms with Gasteiger partial charge in [0.1, 0.15) is 6.04 Å². The van der Waals surface area contributed by atoms with Gasteiger partial charge in [-0.05, 0) is 18.4 Å². The molecule has 1 amide bonds. The molecule has 0 aliphatic carbocycles. The quantitative estimate of drug-likeness (QED) is 0.735. The van der Waals surface area contributed by atoms with Crippen LogP contribution in [0.25, 0.3) is 0 Å². The molecular weight excluding hydrogens is 210 g/mol. The molecule has 0 spiro atoms. The number of rotatable bonds is 5. The van der Waals surface area contributed by atoms with Crippen LogP contribution in [0, 0.1) is 0 Å². The van der Waals surface area contributed by atoms with Crippen LogP contribution in [-0.2, 0) is 23.1 Å². The summed E-state index contributed by atoms with van der Waals surface area (Å²) in [4.78, 5) is 21.6. The molecule has 1 aromatic heterocycles. The number of carbonyl (C=O) groups excluding carboxylic acids is 1. The summed E-state index contributed by atoms with van der Waals surface area (Å²) in [6, 6.07) is -0.835. The van der Waals surface area contributed by atoms with Crippen molar-refractivity contribution in [3.05, 3.63) is 18.0 Å². The standard InChI is InChI=1S/C10H15N3O3/c1-7(14)12-9(10(15)16)4-3-8-5-11-13(2)6-8/h5-6,9H,3-4H2,1-2H3,(H,12,14)(H,15,16). The molecule has 6 heteroatoms. The van der Waals surface area contributed by atoms with Crippen molar-refractivity contribution in [2.24, 2.45) is 7.05 Å². The number of nitrogens with one attached hydrogen (secondary N) is 1. The molecule has 1 rings (SSSR count). The van der Waals surface area contributed by atoms with E-state index in [4.69, 9.17) is 5.11 Å². The van der Waals surface area contributed by atoms with Gasteiger partial charge >= 0.3 is 5.97 Å². The Morgan fingerprint density at radius 1 is 1.62 bits per heavy atom. The maximum Gasteiger partial charge on any atom is 0.326 e. The van der Waals surface area contributed by atoms with Gasteiger partial charge in [0.2, 0.25) is 5.91 Å². The van der Waals surface area contributed by atoms with E-state index in [2.05, 4.69) is 10.4 Å². The monoisotopic (exact) mass is 225 g/mol. The van der Waals surface area contributed by atoms with E-state index in [-0.39, 0.29) is 5.91 Å². The second-order valence-electron chi connectivity index (χ2n) is 3.65. The molecule has 6 nitrogen and oxygen atoms in total. The summed E-state index contributed by atoms with van der Waals surface area (Å²) in [7, 11) is 1.80. The fraction of sp³-hybridized carbons (Fsp3) is 0.500. The highest BCUT2D eigenvalue weighted by atomic mass is 16.4. The summed E-state index contributed by atoms with van der Waals surface area (Å²) < 4.78 is 1.66. The first-order valence-electron chi connectivity index (χ1n) is 4.96. The molecule has 16 heavy (non-hydrogen) atoms. The number of carboxylic acid groups (broad SMARTS) is 1. The van der Waals surface area contributed by atoms with E-state index < -0.39 is 12.0 Å². The topological polar surface area (TPSA) is 84.2 Å². The summed E-state index contributed by atoms with van der Waals surface area (Å²) >= 11 is 0. The largest absolute Gasteiger partial charge is 0.480 e. The summed E-state index contributed by atoms with van der Waals surface area (Å²) in [5, 5.41) is 15.2. The minimum atomic E-state index is -1.01. The SMILES string of the molecule is CC(=O)NC(CCc1cnn(C)c1)C(=O)O. The Kier molecular flexibility index (Phi) is 4.04. The number of amides is 1. The molecule has 0 saturated heterocycles. The molecule has 0 radical (unpaired) electrons. The van der Waals surface area contributed by atoms with Crippen LogP contribution in [0.5, 0.6) is 0 Å². The lowest BCUT2D eigenvalue weighted by Gasteiger charge is -2.11. The number of nitrogens with zero attached hydrogens (tertiary/aromatic N) is 2. The summed E-state index contributed by atoms with van der Waals surface area (Å²) in [6.07, 6.45) is 4.45. The first-order chi connectivity index (χ1) is 7.49. The van der Waals surface area contributed by atoms with Crippen molar-refractivity contribution in [3.8, 4) is 0 Å². The molecule has 1 aromatic rings. The van der Waals surface area contributed by atoms with Gasteiger partial charge in [-0.15, -0.1) is 0 Å². The molecule has 0 bridgehead atoms. The van der Waals surface area contributed by atoms with Crippen molar-refractivity contribution >= 4 is 11.9 Å². The Morgan fingerprint density at radius 2 is 2.31 bits per heavy atom. The van der Waals surface area contributed by atoms with Crippen LogP contribution < -0.4 is 5.32 Å². The van der Waals surface area contributed by atoms with E-state index in [0.29, 0.717) is 12.8 Å². The number of carbonyl (C=O) groups is 2. The summed E-state index contributed by atoms with van der Waals surface area (Å²) in [5.74, 6) is -1.35. The van der Waals surface area contributed by atoms with E-state index in [1.54, 1.807) is 17.9 Å². The van der Waals surface area contributed by atoms with Gasteiger partial charge < -0.3 is 10.4 Å². The molecule has 2 N–H and O–H groups in total. The maximum absolute atomic E-state index is 10.8. The number of aliphatic carboxylic acids is 1. The molecule has 1 unspecified atom stereocenters. The highest BCUT2D eigenvalue weighted by Gasteiger charge is 2.17. The van der Waals surface area contributed by atoms with Crippen molar-refractivity contribution in [3.63, 3.8) is 0 Å². The lowest BCUT2D eigenvalue weighted by atomic mass is 10.1. The minimum absolute atomic E-state index is 0.335. The van der Waals surface area contributed by atoms with Crippen LogP contribution in [-0.4, -0.2) is 32.8 Å². The Balaban J connectivity index is 2.50. The smallest absolute Gasteiger partial charge is 0.326 e. The van der Waals surface area contributed by atoms with Crippen molar-refractivity contribution in [2.45, 2.75) is 25.8 Å². The normalized spacial score (nSPS) is 12.1. The molecule has 0 aromatic carbocycles. The van der Waals surface area contributed by atoms with Crippen LogP contribution in [0.3, 0.4) is 0 Å². The zero-order valence-electron chi connectivity index (χ0n) is 9.30. The molecule has 88 valence electrons. The Labute approximate surface area is 93.3 Å². The maximum atomic E-state index is 10.8. The molecule has 0 aliphatic rings. The fourth-order valence-corrected chi connectivity index (χ4v) is 1.41. The first kappa shape index (κ1) is 12.2. The third-order valence-corrected chi connectivity index (χ3v) is 2.16. The van der Waals surface area contributed by atoms with E-state index in [1.165, 1.54) is 6.92 Å². The van der Waals surface area contributed by atoms with Crippen LogP contribution >= 0.6 is 0 Å². The second-order valence-corrected chi connectivity index (χ2v) is 3.65. The first-order valence-corrected chi connectivity index (χ1v) is 4.96. The number of aryl methyl sites for hydroxylation is 2.